The maximum Gasteiger partial charge on any atom is 0.254 e. The van der Waals surface area contributed by atoms with Crippen molar-refractivity contribution in [2.45, 2.75) is 19.0 Å². The van der Waals surface area contributed by atoms with Crippen LogP contribution in [0.2, 0.25) is 0 Å². The van der Waals surface area contributed by atoms with E-state index in [9.17, 15) is 9.59 Å². The Hall–Kier alpha value is -2.08. The molecule has 0 fully saturated rings. The molecule has 4 rings (SSSR count). The molecule has 1 aliphatic rings. The molecule has 112 valence electrons. The summed E-state index contributed by atoms with van der Waals surface area (Å²) in [5.41, 5.74) is 3.19. The van der Waals surface area contributed by atoms with Crippen LogP contribution in [0, 0.1) is 6.92 Å². The molecular formula is C16H13BrN2O3. The Morgan fingerprint density at radius 3 is 2.64 bits per heavy atom. The van der Waals surface area contributed by atoms with Gasteiger partial charge in [0.1, 0.15) is 0 Å². The number of aryl methyl sites for hydroxylation is 2. The highest BCUT2D eigenvalue weighted by molar-refractivity contribution is 9.08. The summed E-state index contributed by atoms with van der Waals surface area (Å²) in [6.45, 7) is 2.11. The number of hydrogen-bond donors (Lipinski definition) is 0. The molecule has 0 aliphatic carbocycles. The van der Waals surface area contributed by atoms with E-state index in [0.29, 0.717) is 11.1 Å². The van der Waals surface area contributed by atoms with E-state index in [1.807, 2.05) is 13.0 Å². The summed E-state index contributed by atoms with van der Waals surface area (Å²) in [5.74, 6) is 0.621. The summed E-state index contributed by atoms with van der Waals surface area (Å²) in [7, 11) is 1.73. The molecule has 5 nitrogen and oxygen atoms in total. The summed E-state index contributed by atoms with van der Waals surface area (Å²) in [6.07, 6.45) is 0. The summed E-state index contributed by atoms with van der Waals surface area (Å²) in [4.78, 5) is 24.3. The van der Waals surface area contributed by atoms with Gasteiger partial charge in [0.05, 0.1) is 11.0 Å². The van der Waals surface area contributed by atoms with E-state index >= 15 is 0 Å². The van der Waals surface area contributed by atoms with Crippen LogP contribution in [0.1, 0.15) is 11.1 Å². The van der Waals surface area contributed by atoms with Gasteiger partial charge in [-0.25, -0.2) is 0 Å². The van der Waals surface area contributed by atoms with Gasteiger partial charge in [0.2, 0.25) is 0 Å². The monoisotopic (exact) mass is 360 g/mol. The molecule has 22 heavy (non-hydrogen) atoms. The van der Waals surface area contributed by atoms with Crippen molar-refractivity contribution in [3.63, 3.8) is 0 Å². The minimum Gasteiger partial charge on any atom is -0.468 e. The van der Waals surface area contributed by atoms with Crippen LogP contribution < -0.4 is 15.9 Å². The molecule has 1 aliphatic heterocycles. The number of alkyl halides is 1. The van der Waals surface area contributed by atoms with E-state index in [-0.39, 0.29) is 17.8 Å². The third-order valence-corrected chi connectivity index (χ3v) is 4.93. The molecule has 0 saturated heterocycles. The second kappa shape index (κ2) is 4.46. The number of pyridine rings is 2. The second-order valence-electron chi connectivity index (χ2n) is 5.57. The van der Waals surface area contributed by atoms with E-state index in [4.69, 9.17) is 4.74 Å². The van der Waals surface area contributed by atoms with E-state index in [1.165, 1.54) is 0 Å². The first-order valence-electron chi connectivity index (χ1n) is 6.91. The maximum atomic E-state index is 12.2. The molecule has 6 heteroatoms. The Labute approximate surface area is 133 Å². The minimum atomic E-state index is -0.0883. The third kappa shape index (κ3) is 1.58. The van der Waals surface area contributed by atoms with Crippen LogP contribution in [0.5, 0.6) is 5.75 Å². The lowest BCUT2D eigenvalue weighted by molar-refractivity contribution is 0.268. The number of hydrogen-bond acceptors (Lipinski definition) is 3. The third-order valence-electron chi connectivity index (χ3n) is 4.32. The Kier molecular flexibility index (Phi) is 2.75. The molecule has 0 N–H and O–H groups in total. The number of benzene rings is 1. The van der Waals surface area contributed by atoms with Crippen LogP contribution >= 0.6 is 15.9 Å². The van der Waals surface area contributed by atoms with Crippen molar-refractivity contribution in [1.29, 1.82) is 0 Å². The van der Waals surface area contributed by atoms with Crippen molar-refractivity contribution >= 4 is 37.7 Å². The van der Waals surface area contributed by atoms with Crippen molar-refractivity contribution in [2.75, 3.05) is 0 Å². The smallest absolute Gasteiger partial charge is 0.254 e. The van der Waals surface area contributed by atoms with Gasteiger partial charge in [-0.1, -0.05) is 15.9 Å². The standard InChI is InChI=1S/C16H13BrN2O3/c1-8-3-13(21)19-7-22-16-14-11(5-10(8)15(16)19)9(6-17)4-12(20)18(14)2/h3-5H,6-7H2,1-2H3. The molecular weight excluding hydrogens is 348 g/mol. The average Bonchev–Trinajstić information content (AvgIpc) is 2.93. The van der Waals surface area contributed by atoms with Crippen molar-refractivity contribution in [1.82, 2.24) is 9.13 Å². The quantitative estimate of drug-likeness (QED) is 0.494. The number of halogens is 1. The molecule has 2 aromatic heterocycles. The summed E-state index contributed by atoms with van der Waals surface area (Å²) in [6, 6.07) is 5.31. The van der Waals surface area contributed by atoms with Gasteiger partial charge in [0, 0.05) is 35.3 Å². The predicted octanol–water partition coefficient (Wildman–Crippen LogP) is 2.41. The zero-order chi connectivity index (χ0) is 15.6. The van der Waals surface area contributed by atoms with E-state index < -0.39 is 0 Å². The van der Waals surface area contributed by atoms with Gasteiger partial charge < -0.3 is 9.30 Å². The van der Waals surface area contributed by atoms with Crippen LogP contribution in [0.15, 0.2) is 27.8 Å². The molecule has 0 radical (unpaired) electrons. The van der Waals surface area contributed by atoms with Gasteiger partial charge in [-0.2, -0.15) is 0 Å². The minimum absolute atomic E-state index is 0.0789. The molecule has 0 saturated carbocycles. The first-order chi connectivity index (χ1) is 10.5. The molecule has 0 bridgehead atoms. The molecule has 0 amide bonds. The van der Waals surface area contributed by atoms with Gasteiger partial charge in [0.15, 0.2) is 12.5 Å². The van der Waals surface area contributed by atoms with Crippen LogP contribution in [-0.2, 0) is 19.1 Å². The highest BCUT2D eigenvalue weighted by Crippen LogP contribution is 2.39. The fourth-order valence-corrected chi connectivity index (χ4v) is 3.64. The number of nitrogens with zero attached hydrogens (tertiary/aromatic N) is 2. The fraction of sp³-hybridized carbons (Fsp3) is 0.250. The number of aromatic nitrogens is 2. The highest BCUT2D eigenvalue weighted by atomic mass is 79.9. The van der Waals surface area contributed by atoms with Crippen LogP contribution in [0.25, 0.3) is 21.8 Å². The van der Waals surface area contributed by atoms with E-state index in [1.54, 1.807) is 28.3 Å². The fourth-order valence-electron chi connectivity index (χ4n) is 3.17. The normalized spacial score (nSPS) is 13.0. The molecule has 0 unspecified atom stereocenters. The molecule has 3 aromatic rings. The van der Waals surface area contributed by atoms with Gasteiger partial charge >= 0.3 is 0 Å². The molecule has 1 aromatic carbocycles. The van der Waals surface area contributed by atoms with Crippen molar-refractivity contribution < 1.29 is 4.74 Å². The summed E-state index contributed by atoms with van der Waals surface area (Å²) in [5, 5.41) is 2.54. The van der Waals surface area contributed by atoms with Crippen molar-refractivity contribution in [3.8, 4) is 5.75 Å². The van der Waals surface area contributed by atoms with Crippen LogP contribution in [0.3, 0.4) is 0 Å². The SMILES string of the molecule is Cc1cc(=O)n2c3c(c4c(cc13)c(CBr)cc(=O)n4C)OC2. The lowest BCUT2D eigenvalue weighted by atomic mass is 10.0. The number of rotatable bonds is 1. The predicted molar refractivity (Wildman–Crippen MR) is 89.0 cm³/mol. The van der Waals surface area contributed by atoms with Gasteiger partial charge in [0.25, 0.3) is 11.1 Å². The van der Waals surface area contributed by atoms with E-state index in [0.717, 1.165) is 32.9 Å². The summed E-state index contributed by atoms with van der Waals surface area (Å²) >= 11 is 3.45. The molecule has 3 heterocycles. The molecule has 0 spiro atoms. The van der Waals surface area contributed by atoms with Gasteiger partial charge in [-0.05, 0) is 24.1 Å². The van der Waals surface area contributed by atoms with Gasteiger partial charge in [-0.3, -0.25) is 14.2 Å². The van der Waals surface area contributed by atoms with Crippen molar-refractivity contribution in [3.05, 3.63) is 50.0 Å². The Bertz CT molecular complexity index is 1080. The second-order valence-corrected chi connectivity index (χ2v) is 6.13. The number of ether oxygens (including phenoxy) is 1. The zero-order valence-electron chi connectivity index (χ0n) is 12.1. The largest absolute Gasteiger partial charge is 0.468 e. The van der Waals surface area contributed by atoms with E-state index in [2.05, 4.69) is 15.9 Å². The average molecular weight is 361 g/mol. The van der Waals surface area contributed by atoms with Crippen molar-refractivity contribution in [2.24, 2.45) is 7.05 Å². The van der Waals surface area contributed by atoms with Crippen LogP contribution in [-0.4, -0.2) is 9.13 Å². The first kappa shape index (κ1) is 13.6. The number of fused-ring (bicyclic) bond motifs is 2. The summed E-state index contributed by atoms with van der Waals surface area (Å²) < 4.78 is 8.98. The van der Waals surface area contributed by atoms with Gasteiger partial charge in [-0.15, -0.1) is 0 Å². The topological polar surface area (TPSA) is 53.2 Å². The lowest BCUT2D eigenvalue weighted by Gasteiger charge is -2.13. The first-order valence-corrected chi connectivity index (χ1v) is 8.03. The Morgan fingerprint density at radius 1 is 1.14 bits per heavy atom. The highest BCUT2D eigenvalue weighted by Gasteiger charge is 2.23. The Balaban J connectivity index is 2.38. The van der Waals surface area contributed by atoms with Crippen LogP contribution in [0.4, 0.5) is 0 Å². The Morgan fingerprint density at radius 2 is 1.91 bits per heavy atom. The molecule has 0 atom stereocenters. The lowest BCUT2D eigenvalue weighted by Crippen LogP contribution is -2.18. The maximum absolute atomic E-state index is 12.2. The zero-order valence-corrected chi connectivity index (χ0v) is 13.7.